The molecule has 0 bridgehead atoms. The molecule has 0 amide bonds. The van der Waals surface area contributed by atoms with Crippen LogP contribution in [-0.4, -0.2) is 44.1 Å². The third-order valence-corrected chi connectivity index (χ3v) is 5.24. The van der Waals surface area contributed by atoms with Crippen molar-refractivity contribution in [1.29, 1.82) is 0 Å². The molecule has 32 heavy (non-hydrogen) atoms. The molecule has 160 valence electrons. The number of hydrogen-bond acceptors (Lipinski definition) is 6. The zero-order valence-corrected chi connectivity index (χ0v) is 17.5. The maximum atomic E-state index is 13.4. The number of para-hydroxylation sites is 2. The number of rotatable bonds is 5. The van der Waals surface area contributed by atoms with Gasteiger partial charge in [-0.1, -0.05) is 24.3 Å². The van der Waals surface area contributed by atoms with E-state index in [1.165, 1.54) is 16.8 Å². The standard InChI is InChI=1S/C23H19FN6O2/c1-14-26-21-19(23(31)29(14)11-12-32-2)20-22(28-18-6-4-3-5-17(18)27-20)30(21)25-13-15-7-9-16(24)10-8-15/h3-10,13H,11-12H2,1-2H3/b25-13-. The van der Waals surface area contributed by atoms with Crippen molar-refractivity contribution in [3.63, 3.8) is 0 Å². The van der Waals surface area contributed by atoms with Gasteiger partial charge in [0.2, 0.25) is 0 Å². The summed E-state index contributed by atoms with van der Waals surface area (Å²) in [7, 11) is 1.58. The summed E-state index contributed by atoms with van der Waals surface area (Å²) in [6.45, 7) is 2.51. The third kappa shape index (κ3) is 3.32. The van der Waals surface area contributed by atoms with Crippen LogP contribution in [0.3, 0.4) is 0 Å². The molecule has 0 aliphatic carbocycles. The molecule has 0 aliphatic rings. The highest BCUT2D eigenvalue weighted by molar-refractivity contribution is 6.04. The Morgan fingerprint density at radius 3 is 2.47 bits per heavy atom. The summed E-state index contributed by atoms with van der Waals surface area (Å²) >= 11 is 0. The molecule has 0 N–H and O–H groups in total. The van der Waals surface area contributed by atoms with E-state index in [2.05, 4.69) is 10.1 Å². The van der Waals surface area contributed by atoms with E-state index in [1.807, 2.05) is 24.3 Å². The van der Waals surface area contributed by atoms with E-state index in [0.29, 0.717) is 57.8 Å². The molecule has 0 atom stereocenters. The lowest BCUT2D eigenvalue weighted by atomic mass is 10.2. The van der Waals surface area contributed by atoms with E-state index in [1.54, 1.807) is 36.9 Å². The molecule has 0 saturated heterocycles. The Bertz CT molecular complexity index is 1550. The Morgan fingerprint density at radius 1 is 1.03 bits per heavy atom. The molecule has 5 aromatic rings. The molecule has 0 fully saturated rings. The SMILES string of the molecule is COCCn1c(C)nc2c(c1=O)c1nc3ccccc3nc1n2/N=C\c1ccc(F)cc1. The fraction of sp³-hybridized carbons (Fsp3) is 0.174. The number of aromatic nitrogens is 5. The van der Waals surface area contributed by atoms with Gasteiger partial charge < -0.3 is 4.74 Å². The minimum Gasteiger partial charge on any atom is -0.383 e. The van der Waals surface area contributed by atoms with Gasteiger partial charge in [-0.05, 0) is 36.8 Å². The number of fused-ring (bicyclic) bond motifs is 4. The molecular formula is C23H19FN6O2. The van der Waals surface area contributed by atoms with Crippen LogP contribution in [0, 0.1) is 12.7 Å². The molecule has 3 aromatic heterocycles. The minimum absolute atomic E-state index is 0.227. The van der Waals surface area contributed by atoms with Crippen LogP contribution in [0.25, 0.3) is 33.2 Å². The van der Waals surface area contributed by atoms with Crippen molar-refractivity contribution in [2.24, 2.45) is 5.10 Å². The largest absolute Gasteiger partial charge is 0.383 e. The fourth-order valence-corrected chi connectivity index (χ4v) is 3.64. The summed E-state index contributed by atoms with van der Waals surface area (Å²) in [5, 5.41) is 4.88. The number of ether oxygens (including phenoxy) is 1. The van der Waals surface area contributed by atoms with Gasteiger partial charge in [-0.2, -0.15) is 9.78 Å². The van der Waals surface area contributed by atoms with Crippen LogP contribution in [-0.2, 0) is 11.3 Å². The first-order chi connectivity index (χ1) is 15.6. The quantitative estimate of drug-likeness (QED) is 0.400. The number of methoxy groups -OCH3 is 1. The maximum Gasteiger partial charge on any atom is 0.265 e. The molecule has 3 heterocycles. The predicted octanol–water partition coefficient (Wildman–Crippen LogP) is 3.27. The molecule has 0 spiro atoms. The smallest absolute Gasteiger partial charge is 0.265 e. The third-order valence-electron chi connectivity index (χ3n) is 5.24. The van der Waals surface area contributed by atoms with Crippen LogP contribution in [0.15, 0.2) is 58.4 Å². The first-order valence-corrected chi connectivity index (χ1v) is 10.0. The second-order valence-electron chi connectivity index (χ2n) is 7.30. The monoisotopic (exact) mass is 430 g/mol. The van der Waals surface area contributed by atoms with Crippen LogP contribution in [0.4, 0.5) is 4.39 Å². The Morgan fingerprint density at radius 2 is 1.75 bits per heavy atom. The average Bonchev–Trinajstić information content (AvgIpc) is 3.09. The van der Waals surface area contributed by atoms with E-state index >= 15 is 0 Å². The molecule has 0 saturated carbocycles. The van der Waals surface area contributed by atoms with Gasteiger partial charge >= 0.3 is 0 Å². The zero-order valence-electron chi connectivity index (χ0n) is 17.5. The number of benzene rings is 2. The highest BCUT2D eigenvalue weighted by atomic mass is 19.1. The van der Waals surface area contributed by atoms with E-state index in [4.69, 9.17) is 14.7 Å². The lowest BCUT2D eigenvalue weighted by Crippen LogP contribution is -2.25. The fourth-order valence-electron chi connectivity index (χ4n) is 3.64. The predicted molar refractivity (Wildman–Crippen MR) is 121 cm³/mol. The zero-order chi connectivity index (χ0) is 22.2. The average molecular weight is 430 g/mol. The highest BCUT2D eigenvalue weighted by Crippen LogP contribution is 2.25. The second-order valence-corrected chi connectivity index (χ2v) is 7.30. The van der Waals surface area contributed by atoms with Crippen molar-refractivity contribution >= 4 is 39.4 Å². The lowest BCUT2D eigenvalue weighted by molar-refractivity contribution is 0.185. The molecule has 0 radical (unpaired) electrons. The van der Waals surface area contributed by atoms with Crippen LogP contribution in [0.2, 0.25) is 0 Å². The lowest BCUT2D eigenvalue weighted by Gasteiger charge is -2.08. The Kier molecular flexibility index (Phi) is 4.95. The van der Waals surface area contributed by atoms with Crippen LogP contribution in [0.1, 0.15) is 11.4 Å². The van der Waals surface area contributed by atoms with Crippen LogP contribution in [0.5, 0.6) is 0 Å². The van der Waals surface area contributed by atoms with Gasteiger partial charge in [0.1, 0.15) is 22.5 Å². The van der Waals surface area contributed by atoms with E-state index in [9.17, 15) is 9.18 Å². The molecule has 2 aromatic carbocycles. The van der Waals surface area contributed by atoms with Gasteiger partial charge in [-0.15, -0.1) is 0 Å². The van der Waals surface area contributed by atoms with E-state index in [0.717, 1.165) is 0 Å². The number of halogens is 1. The van der Waals surface area contributed by atoms with Gasteiger partial charge in [-0.3, -0.25) is 9.36 Å². The van der Waals surface area contributed by atoms with Crippen molar-refractivity contribution in [1.82, 2.24) is 24.2 Å². The first kappa shape index (κ1) is 20.0. The van der Waals surface area contributed by atoms with Crippen LogP contribution >= 0.6 is 0 Å². The van der Waals surface area contributed by atoms with Crippen molar-refractivity contribution < 1.29 is 9.13 Å². The molecule has 5 rings (SSSR count). The van der Waals surface area contributed by atoms with Crippen LogP contribution < -0.4 is 5.56 Å². The topological polar surface area (TPSA) is 87.2 Å². The van der Waals surface area contributed by atoms with Gasteiger partial charge in [0, 0.05) is 7.11 Å². The first-order valence-electron chi connectivity index (χ1n) is 10.0. The molecule has 8 nitrogen and oxygen atoms in total. The Balaban J connectivity index is 1.83. The Hall–Kier alpha value is -3.98. The summed E-state index contributed by atoms with van der Waals surface area (Å²) in [6.07, 6.45) is 1.57. The number of hydrogen-bond donors (Lipinski definition) is 0. The number of aryl methyl sites for hydroxylation is 1. The molecule has 0 aliphatic heterocycles. The summed E-state index contributed by atoms with van der Waals surface area (Å²) in [6, 6.07) is 13.4. The summed E-state index contributed by atoms with van der Waals surface area (Å²) in [5.41, 5.74) is 3.03. The highest BCUT2D eigenvalue weighted by Gasteiger charge is 2.21. The van der Waals surface area contributed by atoms with Gasteiger partial charge in [0.05, 0.1) is 30.4 Å². The molecule has 9 heteroatoms. The van der Waals surface area contributed by atoms with E-state index < -0.39 is 0 Å². The minimum atomic E-state index is -0.328. The molecule has 0 unspecified atom stereocenters. The Labute approximate surface area is 181 Å². The van der Waals surface area contributed by atoms with Crippen molar-refractivity contribution in [3.8, 4) is 0 Å². The summed E-state index contributed by atoms with van der Waals surface area (Å²) < 4.78 is 21.5. The van der Waals surface area contributed by atoms with E-state index in [-0.39, 0.29) is 11.4 Å². The van der Waals surface area contributed by atoms with Crippen molar-refractivity contribution in [3.05, 3.63) is 76.1 Å². The van der Waals surface area contributed by atoms with Crippen molar-refractivity contribution in [2.75, 3.05) is 13.7 Å². The van der Waals surface area contributed by atoms with Gasteiger partial charge in [0.15, 0.2) is 11.3 Å². The summed E-state index contributed by atoms with van der Waals surface area (Å²) in [4.78, 5) is 27.5. The number of nitrogens with zero attached hydrogens (tertiary/aromatic N) is 6. The summed E-state index contributed by atoms with van der Waals surface area (Å²) in [5.74, 6) is 0.204. The normalized spacial score (nSPS) is 12.0. The van der Waals surface area contributed by atoms with Gasteiger partial charge in [-0.25, -0.2) is 19.3 Å². The van der Waals surface area contributed by atoms with Crippen molar-refractivity contribution in [2.45, 2.75) is 13.5 Å². The molecular weight excluding hydrogens is 411 g/mol. The second kappa shape index (κ2) is 7.93. The maximum absolute atomic E-state index is 13.4. The van der Waals surface area contributed by atoms with Gasteiger partial charge in [0.25, 0.3) is 5.56 Å².